The van der Waals surface area contributed by atoms with Crippen LogP contribution in [0.2, 0.25) is 0 Å². The molecule has 0 heterocycles. The third-order valence-corrected chi connectivity index (χ3v) is 4.07. The molecule has 0 N–H and O–H groups in total. The fraction of sp³-hybridized carbons (Fsp3) is 0.263. The standard InChI is InChI=1S/C19H19BrO5/c1-3-4-9-24-16-8-6-14(11-15(16)20)19(22)25-17-7-5-13(12-21)10-18(17)23-2/h5-8,10-12H,3-4,9H2,1-2H3. The molecule has 0 saturated heterocycles. The first-order valence-corrected chi connectivity index (χ1v) is 8.66. The first-order chi connectivity index (χ1) is 12.1. The van der Waals surface area contributed by atoms with Gasteiger partial charge in [-0.05, 0) is 58.7 Å². The van der Waals surface area contributed by atoms with E-state index in [-0.39, 0.29) is 5.75 Å². The Bertz CT molecular complexity index is 757. The summed E-state index contributed by atoms with van der Waals surface area (Å²) >= 11 is 3.40. The zero-order valence-electron chi connectivity index (χ0n) is 14.1. The minimum Gasteiger partial charge on any atom is -0.493 e. The summed E-state index contributed by atoms with van der Waals surface area (Å²) in [6.07, 6.45) is 2.71. The van der Waals surface area contributed by atoms with E-state index in [0.29, 0.717) is 40.0 Å². The topological polar surface area (TPSA) is 61.8 Å². The van der Waals surface area contributed by atoms with E-state index >= 15 is 0 Å². The van der Waals surface area contributed by atoms with Gasteiger partial charge in [0.15, 0.2) is 11.5 Å². The molecule has 5 nitrogen and oxygen atoms in total. The van der Waals surface area contributed by atoms with Crippen LogP contribution in [0.25, 0.3) is 0 Å². The molecule has 0 bridgehead atoms. The van der Waals surface area contributed by atoms with Crippen molar-refractivity contribution in [2.45, 2.75) is 19.8 Å². The largest absolute Gasteiger partial charge is 0.493 e. The molecule has 0 aromatic heterocycles. The zero-order valence-corrected chi connectivity index (χ0v) is 15.7. The van der Waals surface area contributed by atoms with Gasteiger partial charge in [-0.25, -0.2) is 4.79 Å². The van der Waals surface area contributed by atoms with E-state index in [1.165, 1.54) is 19.2 Å². The van der Waals surface area contributed by atoms with Gasteiger partial charge in [0.1, 0.15) is 12.0 Å². The molecule has 0 saturated carbocycles. The van der Waals surface area contributed by atoms with Gasteiger partial charge < -0.3 is 14.2 Å². The van der Waals surface area contributed by atoms with Crippen molar-refractivity contribution in [3.63, 3.8) is 0 Å². The molecule has 25 heavy (non-hydrogen) atoms. The lowest BCUT2D eigenvalue weighted by atomic mass is 10.2. The maximum Gasteiger partial charge on any atom is 0.343 e. The molecular formula is C19H19BrO5. The molecule has 2 aromatic rings. The number of benzene rings is 2. The van der Waals surface area contributed by atoms with Crippen molar-refractivity contribution in [1.29, 1.82) is 0 Å². The summed E-state index contributed by atoms with van der Waals surface area (Å²) < 4.78 is 16.9. The van der Waals surface area contributed by atoms with Crippen LogP contribution in [0.5, 0.6) is 17.2 Å². The van der Waals surface area contributed by atoms with E-state index < -0.39 is 5.97 Å². The van der Waals surface area contributed by atoms with Crippen LogP contribution in [0.1, 0.15) is 40.5 Å². The Hall–Kier alpha value is -2.34. The van der Waals surface area contributed by atoms with E-state index in [1.54, 1.807) is 24.3 Å². The highest BCUT2D eigenvalue weighted by Gasteiger charge is 2.14. The normalized spacial score (nSPS) is 10.2. The first-order valence-electron chi connectivity index (χ1n) is 7.86. The van der Waals surface area contributed by atoms with Gasteiger partial charge in [-0.1, -0.05) is 13.3 Å². The van der Waals surface area contributed by atoms with E-state index in [2.05, 4.69) is 22.9 Å². The van der Waals surface area contributed by atoms with Crippen LogP contribution in [0.4, 0.5) is 0 Å². The highest BCUT2D eigenvalue weighted by atomic mass is 79.9. The summed E-state index contributed by atoms with van der Waals surface area (Å²) in [6.45, 7) is 2.71. The molecule has 0 amide bonds. The van der Waals surface area contributed by atoms with Crippen molar-refractivity contribution in [3.05, 3.63) is 52.0 Å². The van der Waals surface area contributed by atoms with E-state index in [0.717, 1.165) is 12.8 Å². The molecule has 2 aromatic carbocycles. The molecule has 0 aliphatic rings. The van der Waals surface area contributed by atoms with Gasteiger partial charge in [-0.2, -0.15) is 0 Å². The number of hydrogen-bond acceptors (Lipinski definition) is 5. The molecule has 0 spiro atoms. The Balaban J connectivity index is 2.13. The molecule has 0 aliphatic carbocycles. The SMILES string of the molecule is CCCCOc1ccc(C(=O)Oc2ccc(C=O)cc2OC)cc1Br. The fourth-order valence-corrected chi connectivity index (χ4v) is 2.57. The number of ether oxygens (including phenoxy) is 3. The minimum atomic E-state index is -0.530. The molecule has 0 radical (unpaired) electrons. The zero-order chi connectivity index (χ0) is 18.2. The summed E-state index contributed by atoms with van der Waals surface area (Å²) in [5.41, 5.74) is 0.809. The number of halogens is 1. The molecule has 0 atom stereocenters. The summed E-state index contributed by atoms with van der Waals surface area (Å²) in [7, 11) is 1.44. The fourth-order valence-electron chi connectivity index (χ4n) is 2.07. The second kappa shape index (κ2) is 9.22. The number of unbranched alkanes of at least 4 members (excludes halogenated alkanes) is 1. The monoisotopic (exact) mass is 406 g/mol. The molecular weight excluding hydrogens is 388 g/mol. The number of esters is 1. The maximum atomic E-state index is 12.4. The van der Waals surface area contributed by atoms with Crippen molar-refractivity contribution in [2.75, 3.05) is 13.7 Å². The van der Waals surface area contributed by atoms with Gasteiger partial charge in [-0.15, -0.1) is 0 Å². The van der Waals surface area contributed by atoms with Crippen LogP contribution in [-0.4, -0.2) is 26.0 Å². The van der Waals surface area contributed by atoms with E-state index in [9.17, 15) is 9.59 Å². The van der Waals surface area contributed by atoms with Crippen LogP contribution in [0.3, 0.4) is 0 Å². The maximum absolute atomic E-state index is 12.4. The Labute approximate surface area is 155 Å². The third kappa shape index (κ3) is 5.06. The van der Waals surface area contributed by atoms with Crippen LogP contribution >= 0.6 is 15.9 Å². The highest BCUT2D eigenvalue weighted by Crippen LogP contribution is 2.30. The second-order valence-electron chi connectivity index (χ2n) is 5.26. The van der Waals surface area contributed by atoms with Gasteiger partial charge >= 0.3 is 5.97 Å². The summed E-state index contributed by atoms with van der Waals surface area (Å²) in [6, 6.07) is 9.60. The minimum absolute atomic E-state index is 0.248. The van der Waals surface area contributed by atoms with Crippen molar-refractivity contribution >= 4 is 28.2 Å². The first kappa shape index (κ1) is 19.0. The smallest absolute Gasteiger partial charge is 0.343 e. The van der Waals surface area contributed by atoms with Crippen LogP contribution < -0.4 is 14.2 Å². The van der Waals surface area contributed by atoms with Crippen LogP contribution in [0, 0.1) is 0 Å². The number of carbonyl (C=O) groups is 2. The Kier molecular flexibility index (Phi) is 7.01. The number of carbonyl (C=O) groups excluding carboxylic acids is 2. The number of hydrogen-bond donors (Lipinski definition) is 0. The Morgan fingerprint density at radius 1 is 1.12 bits per heavy atom. The molecule has 132 valence electrons. The second-order valence-corrected chi connectivity index (χ2v) is 6.12. The summed E-state index contributed by atoms with van der Waals surface area (Å²) in [5, 5.41) is 0. The van der Waals surface area contributed by atoms with Crippen molar-refractivity contribution in [3.8, 4) is 17.2 Å². The third-order valence-electron chi connectivity index (χ3n) is 3.45. The van der Waals surface area contributed by atoms with Crippen LogP contribution in [0.15, 0.2) is 40.9 Å². The van der Waals surface area contributed by atoms with Gasteiger partial charge in [0.05, 0.1) is 23.8 Å². The van der Waals surface area contributed by atoms with Crippen molar-refractivity contribution in [2.24, 2.45) is 0 Å². The molecule has 0 aliphatic heterocycles. The average Bonchev–Trinajstić information content (AvgIpc) is 2.63. The average molecular weight is 407 g/mol. The Morgan fingerprint density at radius 2 is 1.88 bits per heavy atom. The molecule has 0 fully saturated rings. The van der Waals surface area contributed by atoms with Gasteiger partial charge in [-0.3, -0.25) is 4.79 Å². The number of aldehydes is 1. The lowest BCUT2D eigenvalue weighted by Gasteiger charge is -2.11. The lowest BCUT2D eigenvalue weighted by Crippen LogP contribution is -2.10. The van der Waals surface area contributed by atoms with Gasteiger partial charge in [0, 0.05) is 5.56 Å². The lowest BCUT2D eigenvalue weighted by molar-refractivity contribution is 0.0729. The van der Waals surface area contributed by atoms with Gasteiger partial charge in [0.2, 0.25) is 0 Å². The van der Waals surface area contributed by atoms with E-state index in [1.807, 2.05) is 0 Å². The highest BCUT2D eigenvalue weighted by molar-refractivity contribution is 9.10. The summed E-state index contributed by atoms with van der Waals surface area (Å²) in [4.78, 5) is 23.2. The molecule has 0 unspecified atom stereocenters. The Morgan fingerprint density at radius 3 is 2.52 bits per heavy atom. The number of rotatable bonds is 8. The van der Waals surface area contributed by atoms with Crippen molar-refractivity contribution in [1.82, 2.24) is 0 Å². The molecule has 2 rings (SSSR count). The number of methoxy groups -OCH3 is 1. The predicted octanol–water partition coefficient (Wildman–Crippen LogP) is 4.67. The van der Waals surface area contributed by atoms with E-state index in [4.69, 9.17) is 14.2 Å². The predicted molar refractivity (Wildman–Crippen MR) is 97.9 cm³/mol. The summed E-state index contributed by atoms with van der Waals surface area (Å²) in [5.74, 6) is 0.713. The van der Waals surface area contributed by atoms with Crippen molar-refractivity contribution < 1.29 is 23.8 Å². The van der Waals surface area contributed by atoms with Gasteiger partial charge in [0.25, 0.3) is 0 Å². The quantitative estimate of drug-likeness (QED) is 0.276. The molecule has 6 heteroatoms. The van der Waals surface area contributed by atoms with Crippen LogP contribution in [-0.2, 0) is 0 Å².